The average Bonchev–Trinajstić information content (AvgIpc) is 2.95. The molecule has 0 bridgehead atoms. The molecule has 0 saturated heterocycles. The maximum absolute atomic E-state index is 13.6. The van der Waals surface area contributed by atoms with Crippen LogP contribution in [0.1, 0.15) is 10.4 Å². The van der Waals surface area contributed by atoms with Crippen LogP contribution in [0, 0.1) is 0 Å². The number of hydrazine groups is 1. The summed E-state index contributed by atoms with van der Waals surface area (Å²) in [6.45, 7) is 0. The molecule has 4 rings (SSSR count). The zero-order valence-electron chi connectivity index (χ0n) is 21.0. The quantitative estimate of drug-likeness (QED) is 0.115. The highest BCUT2D eigenvalue weighted by molar-refractivity contribution is 9.10. The number of rotatable bonds is 7. The fraction of sp³-hybridized carbons (Fsp3) is 0.115. The second-order valence-corrected chi connectivity index (χ2v) is 10.7. The maximum atomic E-state index is 13.6. The van der Waals surface area contributed by atoms with Crippen LogP contribution in [-0.4, -0.2) is 46.5 Å². The van der Waals surface area contributed by atoms with Crippen LogP contribution >= 0.6 is 51.5 Å². The number of thiocarbonyl (C=S) groups is 1. The first-order valence-electron chi connectivity index (χ1n) is 11.4. The van der Waals surface area contributed by atoms with Gasteiger partial charge in [0.2, 0.25) is 5.91 Å². The number of methoxy groups -OCH3 is 2. The number of thioether (sulfide) groups is 1. The van der Waals surface area contributed by atoms with E-state index < -0.39 is 11.8 Å². The van der Waals surface area contributed by atoms with E-state index in [2.05, 4.69) is 37.1 Å². The number of nitrogens with zero attached hydrogens (tertiary/aromatic N) is 2. The molecule has 0 radical (unpaired) electrons. The monoisotopic (exact) mass is 661 g/mol. The summed E-state index contributed by atoms with van der Waals surface area (Å²) in [5.41, 5.74) is 5.83. The van der Waals surface area contributed by atoms with Gasteiger partial charge < -0.3 is 9.47 Å². The minimum Gasteiger partial charge on any atom is -0.493 e. The second kappa shape index (κ2) is 13.1. The van der Waals surface area contributed by atoms with Gasteiger partial charge in [-0.2, -0.15) is 0 Å². The van der Waals surface area contributed by atoms with E-state index >= 15 is 0 Å². The summed E-state index contributed by atoms with van der Waals surface area (Å²) in [5.74, 6) is -0.259. The molecule has 0 aliphatic heterocycles. The van der Waals surface area contributed by atoms with Crippen molar-refractivity contribution < 1.29 is 19.1 Å². The van der Waals surface area contributed by atoms with Gasteiger partial charge in [-0.15, -0.1) is 0 Å². The Hall–Kier alpha value is -3.65. The van der Waals surface area contributed by atoms with Crippen molar-refractivity contribution in [3.8, 4) is 17.2 Å². The van der Waals surface area contributed by atoms with Gasteiger partial charge in [-0.1, -0.05) is 39.3 Å². The van der Waals surface area contributed by atoms with E-state index in [1.165, 1.54) is 18.8 Å². The largest absolute Gasteiger partial charge is 0.493 e. The molecule has 3 N–H and O–H groups in total. The Morgan fingerprint density at radius 2 is 1.68 bits per heavy atom. The van der Waals surface area contributed by atoms with Crippen molar-refractivity contribution in [2.24, 2.45) is 0 Å². The van der Waals surface area contributed by atoms with Crippen LogP contribution in [-0.2, 0) is 4.79 Å². The molecule has 1 heterocycles. The molecule has 40 heavy (non-hydrogen) atoms. The molecule has 0 atom stereocenters. The van der Waals surface area contributed by atoms with Gasteiger partial charge in [0.25, 0.3) is 11.5 Å². The number of carbonyl (C=O) groups excluding carboxylic acids is 2. The van der Waals surface area contributed by atoms with Crippen molar-refractivity contribution in [1.82, 2.24) is 25.7 Å². The molecule has 4 aromatic rings. The number of halogens is 2. The molecule has 0 aliphatic carbocycles. The van der Waals surface area contributed by atoms with Gasteiger partial charge in [-0.3, -0.25) is 35.1 Å². The van der Waals surface area contributed by atoms with Gasteiger partial charge in [0.15, 0.2) is 21.8 Å². The summed E-state index contributed by atoms with van der Waals surface area (Å²) in [6.07, 6.45) is 0. The van der Waals surface area contributed by atoms with Crippen molar-refractivity contribution in [1.29, 1.82) is 0 Å². The summed E-state index contributed by atoms with van der Waals surface area (Å²) in [6, 6.07) is 16.5. The Morgan fingerprint density at radius 3 is 2.33 bits per heavy atom. The Bertz CT molecular complexity index is 1650. The van der Waals surface area contributed by atoms with Crippen molar-refractivity contribution in [2.45, 2.75) is 5.16 Å². The van der Waals surface area contributed by atoms with E-state index in [4.69, 9.17) is 33.3 Å². The summed E-state index contributed by atoms with van der Waals surface area (Å²) in [5, 5.41) is 3.45. The van der Waals surface area contributed by atoms with Gasteiger partial charge >= 0.3 is 0 Å². The molecular weight excluding hydrogens is 642 g/mol. The molecule has 1 aromatic heterocycles. The molecule has 206 valence electrons. The van der Waals surface area contributed by atoms with Gasteiger partial charge in [-0.05, 0) is 66.8 Å². The van der Waals surface area contributed by atoms with Crippen LogP contribution in [0.25, 0.3) is 16.6 Å². The van der Waals surface area contributed by atoms with E-state index in [-0.39, 0.29) is 21.6 Å². The Kier molecular flexibility index (Phi) is 9.63. The van der Waals surface area contributed by atoms with Crippen LogP contribution in [0.5, 0.6) is 11.5 Å². The molecule has 2 amide bonds. The lowest BCUT2D eigenvalue weighted by atomic mass is 10.2. The smallest absolute Gasteiger partial charge is 0.266 e. The van der Waals surface area contributed by atoms with E-state index in [1.807, 2.05) is 0 Å². The first-order valence-corrected chi connectivity index (χ1v) is 14.0. The van der Waals surface area contributed by atoms with E-state index in [0.717, 1.165) is 16.2 Å². The third-order valence-electron chi connectivity index (χ3n) is 5.41. The maximum Gasteiger partial charge on any atom is 0.266 e. The molecule has 0 fully saturated rings. The zero-order chi connectivity index (χ0) is 28.8. The topological polar surface area (TPSA) is 124 Å². The zero-order valence-corrected chi connectivity index (χ0v) is 25.0. The fourth-order valence-corrected chi connectivity index (χ4v) is 4.85. The third-order valence-corrected chi connectivity index (χ3v) is 7.33. The van der Waals surface area contributed by atoms with Crippen molar-refractivity contribution in [2.75, 3.05) is 20.0 Å². The van der Waals surface area contributed by atoms with E-state index in [0.29, 0.717) is 38.7 Å². The van der Waals surface area contributed by atoms with Crippen LogP contribution in [0.3, 0.4) is 0 Å². The van der Waals surface area contributed by atoms with E-state index in [1.54, 1.807) is 60.7 Å². The lowest BCUT2D eigenvalue weighted by molar-refractivity contribution is -0.119. The van der Waals surface area contributed by atoms with Crippen molar-refractivity contribution >= 4 is 79.3 Å². The van der Waals surface area contributed by atoms with Gasteiger partial charge in [0.1, 0.15) is 0 Å². The van der Waals surface area contributed by atoms with E-state index in [9.17, 15) is 14.4 Å². The highest BCUT2D eigenvalue weighted by Gasteiger charge is 2.18. The first kappa shape index (κ1) is 29.3. The molecule has 14 heteroatoms. The Balaban J connectivity index is 1.51. The van der Waals surface area contributed by atoms with Gasteiger partial charge in [0, 0.05) is 21.1 Å². The average molecular weight is 663 g/mol. The predicted molar refractivity (Wildman–Crippen MR) is 162 cm³/mol. The summed E-state index contributed by atoms with van der Waals surface area (Å²) >= 11 is 15.5. The van der Waals surface area contributed by atoms with Crippen LogP contribution in [0.2, 0.25) is 5.02 Å². The molecule has 0 spiro atoms. The first-order chi connectivity index (χ1) is 19.2. The summed E-state index contributed by atoms with van der Waals surface area (Å²) in [4.78, 5) is 43.1. The Morgan fingerprint density at radius 1 is 1.02 bits per heavy atom. The van der Waals surface area contributed by atoms with Crippen LogP contribution in [0.15, 0.2) is 75.1 Å². The lowest BCUT2D eigenvalue weighted by Gasteiger charge is -2.15. The molecular formula is C26H21BrClN5O5S2. The highest BCUT2D eigenvalue weighted by atomic mass is 79.9. The number of aromatic nitrogens is 2. The minimum atomic E-state index is -0.477. The number of hydrogen-bond donors (Lipinski definition) is 3. The highest BCUT2D eigenvalue weighted by Crippen LogP contribution is 2.31. The lowest BCUT2D eigenvalue weighted by Crippen LogP contribution is -2.49. The number of benzene rings is 3. The normalized spacial score (nSPS) is 10.6. The van der Waals surface area contributed by atoms with Crippen molar-refractivity contribution in [3.05, 3.63) is 86.1 Å². The molecule has 0 saturated carbocycles. The Labute approximate surface area is 251 Å². The summed E-state index contributed by atoms with van der Waals surface area (Å²) < 4.78 is 12.9. The molecule has 10 nitrogen and oxygen atoms in total. The minimum absolute atomic E-state index is 0.0887. The molecule has 0 unspecified atom stereocenters. The number of carbonyl (C=O) groups is 2. The second-order valence-electron chi connectivity index (χ2n) is 7.99. The SMILES string of the molecule is COc1cc2nc(SCC(=O)NNC(=S)NC(=O)c3ccc(Br)cc3)n(-c3ccc(Cl)cc3)c(=O)c2cc1OC. The number of ether oxygens (including phenoxy) is 2. The fourth-order valence-electron chi connectivity index (χ4n) is 3.51. The molecule has 0 aliphatic rings. The molecule has 3 aromatic carbocycles. The van der Waals surface area contributed by atoms with Gasteiger partial charge in [0.05, 0.1) is 36.6 Å². The number of nitrogens with one attached hydrogen (secondary N) is 3. The van der Waals surface area contributed by atoms with Crippen LogP contribution < -0.4 is 31.2 Å². The number of amides is 2. The number of hydrogen-bond acceptors (Lipinski definition) is 8. The van der Waals surface area contributed by atoms with Gasteiger partial charge in [-0.25, -0.2) is 4.98 Å². The third kappa shape index (κ3) is 6.91. The predicted octanol–water partition coefficient (Wildman–Crippen LogP) is 4.25. The van der Waals surface area contributed by atoms with Crippen LogP contribution in [0.4, 0.5) is 0 Å². The van der Waals surface area contributed by atoms with Crippen molar-refractivity contribution in [3.63, 3.8) is 0 Å². The number of fused-ring (bicyclic) bond motifs is 1. The summed E-state index contributed by atoms with van der Waals surface area (Å²) in [7, 11) is 2.96. The standard InChI is InChI=1S/C26H21BrClN5O5S2/c1-37-20-11-18-19(12-21(20)38-2)29-26(33(24(18)36)17-9-7-16(28)8-10-17)40-13-22(34)31-32-25(39)30-23(35)14-3-5-15(27)6-4-14/h3-12H,13H2,1-2H3,(H,31,34)(H2,30,32,35,39).